The number of hydrogen-bond donors (Lipinski definition) is 0. The second-order valence-electron chi connectivity index (χ2n) is 7.04. The maximum Gasteiger partial charge on any atom is 0.111 e. The first kappa shape index (κ1) is 15.0. The number of nitrogens with zero attached hydrogens (tertiary/aromatic N) is 3. The van der Waals surface area contributed by atoms with Crippen LogP contribution in [-0.4, -0.2) is 18.1 Å². The van der Waals surface area contributed by atoms with Crippen LogP contribution >= 0.6 is 0 Å². The fourth-order valence-electron chi connectivity index (χ4n) is 4.54. The molecule has 0 amide bonds. The van der Waals surface area contributed by atoms with E-state index in [0.29, 0.717) is 6.17 Å². The molecule has 116 valence electrons. The standard InChI is InChI=1S/C19H25N3/c1-6-18(3)15-12-14(13-20)8-9-16(15)22-11-10-21(5)17(22)19(18,4)7-2/h8-12,17H,6-7H2,1-5H3. The summed E-state index contributed by atoms with van der Waals surface area (Å²) in [5, 5.41) is 9.31. The van der Waals surface area contributed by atoms with Crippen molar-refractivity contribution in [1.82, 2.24) is 4.90 Å². The number of anilines is 1. The maximum absolute atomic E-state index is 9.31. The van der Waals surface area contributed by atoms with E-state index in [-0.39, 0.29) is 10.8 Å². The molecule has 22 heavy (non-hydrogen) atoms. The molecule has 3 unspecified atom stereocenters. The lowest BCUT2D eigenvalue weighted by atomic mass is 9.55. The van der Waals surface area contributed by atoms with Crippen molar-refractivity contribution >= 4 is 5.69 Å². The average molecular weight is 295 g/mol. The van der Waals surface area contributed by atoms with Crippen molar-refractivity contribution in [2.45, 2.75) is 52.1 Å². The van der Waals surface area contributed by atoms with Gasteiger partial charge < -0.3 is 9.80 Å². The van der Waals surface area contributed by atoms with Gasteiger partial charge in [-0.25, -0.2) is 0 Å². The van der Waals surface area contributed by atoms with Crippen molar-refractivity contribution in [2.24, 2.45) is 5.41 Å². The summed E-state index contributed by atoms with van der Waals surface area (Å²) in [7, 11) is 2.17. The van der Waals surface area contributed by atoms with Crippen molar-refractivity contribution < 1.29 is 0 Å². The zero-order chi connectivity index (χ0) is 16.1. The van der Waals surface area contributed by atoms with Crippen LogP contribution in [-0.2, 0) is 5.41 Å². The molecule has 0 saturated carbocycles. The summed E-state index contributed by atoms with van der Waals surface area (Å²) in [5.41, 5.74) is 3.48. The molecule has 0 saturated heterocycles. The SMILES string of the molecule is CCC1(C)c2cc(C#N)ccc2N2C=CN(C)C2C1(C)CC. The molecule has 0 radical (unpaired) electrons. The Morgan fingerprint density at radius 2 is 1.91 bits per heavy atom. The Balaban J connectivity index is 2.31. The Morgan fingerprint density at radius 3 is 2.50 bits per heavy atom. The molecule has 3 rings (SSSR count). The third-order valence-corrected chi connectivity index (χ3v) is 6.38. The van der Waals surface area contributed by atoms with Crippen LogP contribution in [0.15, 0.2) is 30.6 Å². The molecule has 3 heteroatoms. The highest BCUT2D eigenvalue weighted by Crippen LogP contribution is 2.58. The predicted octanol–water partition coefficient (Wildman–Crippen LogP) is 4.20. The van der Waals surface area contributed by atoms with Gasteiger partial charge in [-0.05, 0) is 36.6 Å². The molecule has 2 aliphatic heterocycles. The molecule has 1 aromatic rings. The molecule has 3 nitrogen and oxygen atoms in total. The zero-order valence-electron chi connectivity index (χ0n) is 14.2. The van der Waals surface area contributed by atoms with Gasteiger partial charge in [-0.15, -0.1) is 0 Å². The summed E-state index contributed by atoms with van der Waals surface area (Å²) in [6.45, 7) is 9.34. The van der Waals surface area contributed by atoms with E-state index in [9.17, 15) is 5.26 Å². The Morgan fingerprint density at radius 1 is 1.18 bits per heavy atom. The summed E-state index contributed by atoms with van der Waals surface area (Å²) in [6, 6.07) is 8.47. The third-order valence-electron chi connectivity index (χ3n) is 6.38. The van der Waals surface area contributed by atoms with Crippen molar-refractivity contribution in [3.05, 3.63) is 41.7 Å². The van der Waals surface area contributed by atoms with Crippen molar-refractivity contribution in [3.63, 3.8) is 0 Å². The van der Waals surface area contributed by atoms with E-state index >= 15 is 0 Å². The molecule has 0 fully saturated rings. The van der Waals surface area contributed by atoms with Crippen molar-refractivity contribution in [2.75, 3.05) is 11.9 Å². The van der Waals surface area contributed by atoms with Gasteiger partial charge >= 0.3 is 0 Å². The predicted molar refractivity (Wildman–Crippen MR) is 90.4 cm³/mol. The molecule has 0 bridgehead atoms. The lowest BCUT2D eigenvalue weighted by Crippen LogP contribution is -2.61. The zero-order valence-corrected chi connectivity index (χ0v) is 14.2. The number of nitriles is 1. The minimum absolute atomic E-state index is 0.0470. The van der Waals surface area contributed by atoms with Crippen LogP contribution in [0.1, 0.15) is 51.7 Å². The molecular weight excluding hydrogens is 270 g/mol. The van der Waals surface area contributed by atoms with Crippen LogP contribution in [0.25, 0.3) is 0 Å². The van der Waals surface area contributed by atoms with Gasteiger partial charge in [0.15, 0.2) is 0 Å². The minimum Gasteiger partial charge on any atom is -0.358 e. The van der Waals surface area contributed by atoms with Gasteiger partial charge in [-0.1, -0.05) is 27.7 Å². The number of fused-ring (bicyclic) bond motifs is 3. The van der Waals surface area contributed by atoms with Crippen LogP contribution in [0.4, 0.5) is 5.69 Å². The van der Waals surface area contributed by atoms with E-state index in [1.807, 2.05) is 6.07 Å². The van der Waals surface area contributed by atoms with Gasteiger partial charge in [0.1, 0.15) is 6.17 Å². The van der Waals surface area contributed by atoms with Gasteiger partial charge in [0.2, 0.25) is 0 Å². The lowest BCUT2D eigenvalue weighted by molar-refractivity contribution is 0.0395. The van der Waals surface area contributed by atoms with E-state index in [1.54, 1.807) is 0 Å². The highest BCUT2D eigenvalue weighted by molar-refractivity contribution is 5.66. The highest BCUT2D eigenvalue weighted by Gasteiger charge is 2.57. The average Bonchev–Trinajstić information content (AvgIpc) is 2.94. The van der Waals surface area contributed by atoms with Gasteiger partial charge in [0.25, 0.3) is 0 Å². The number of hydrogen-bond acceptors (Lipinski definition) is 3. The van der Waals surface area contributed by atoms with E-state index in [2.05, 4.69) is 75.1 Å². The van der Waals surface area contributed by atoms with Gasteiger partial charge in [-0.2, -0.15) is 5.26 Å². The summed E-state index contributed by atoms with van der Waals surface area (Å²) in [5.74, 6) is 0. The first-order valence-electron chi connectivity index (χ1n) is 8.16. The van der Waals surface area contributed by atoms with Crippen LogP contribution in [0.5, 0.6) is 0 Å². The quantitative estimate of drug-likeness (QED) is 0.819. The second-order valence-corrected chi connectivity index (χ2v) is 7.04. The Hall–Kier alpha value is -1.95. The molecule has 0 aliphatic carbocycles. The minimum atomic E-state index is 0.0470. The third kappa shape index (κ3) is 1.61. The van der Waals surface area contributed by atoms with Crippen molar-refractivity contribution in [1.29, 1.82) is 5.26 Å². The molecule has 0 spiro atoms. The van der Waals surface area contributed by atoms with Crippen LogP contribution in [0.2, 0.25) is 0 Å². The van der Waals surface area contributed by atoms with Gasteiger partial charge in [0.05, 0.1) is 11.6 Å². The van der Waals surface area contributed by atoms with Crippen molar-refractivity contribution in [3.8, 4) is 6.07 Å². The molecular formula is C19H25N3. The Bertz CT molecular complexity index is 672. The maximum atomic E-state index is 9.31. The normalized spacial score (nSPS) is 32.6. The summed E-state index contributed by atoms with van der Waals surface area (Å²) in [6.07, 6.45) is 6.85. The first-order chi connectivity index (χ1) is 10.4. The molecule has 3 atom stereocenters. The van der Waals surface area contributed by atoms with Gasteiger partial charge in [0, 0.05) is 36.0 Å². The Kier molecular flexibility index (Phi) is 3.25. The van der Waals surface area contributed by atoms with E-state index in [1.165, 1.54) is 11.3 Å². The lowest BCUT2D eigenvalue weighted by Gasteiger charge is -2.58. The first-order valence-corrected chi connectivity index (χ1v) is 8.16. The van der Waals surface area contributed by atoms with Crippen LogP contribution < -0.4 is 4.90 Å². The molecule has 0 N–H and O–H groups in total. The molecule has 2 aliphatic rings. The van der Waals surface area contributed by atoms with E-state index in [4.69, 9.17) is 0 Å². The molecule has 2 heterocycles. The second kappa shape index (κ2) is 4.78. The largest absolute Gasteiger partial charge is 0.358 e. The number of benzene rings is 1. The fraction of sp³-hybridized carbons (Fsp3) is 0.526. The van der Waals surface area contributed by atoms with E-state index in [0.717, 1.165) is 18.4 Å². The highest BCUT2D eigenvalue weighted by atomic mass is 15.4. The Labute approximate surface area is 133 Å². The number of rotatable bonds is 2. The topological polar surface area (TPSA) is 30.3 Å². The fourth-order valence-corrected chi connectivity index (χ4v) is 4.54. The summed E-state index contributed by atoms with van der Waals surface area (Å²) >= 11 is 0. The van der Waals surface area contributed by atoms with Gasteiger partial charge in [-0.3, -0.25) is 0 Å². The smallest absolute Gasteiger partial charge is 0.111 e. The molecule has 0 aromatic heterocycles. The summed E-state index contributed by atoms with van der Waals surface area (Å²) < 4.78 is 0. The van der Waals surface area contributed by atoms with Crippen LogP contribution in [0, 0.1) is 16.7 Å². The molecule has 1 aromatic carbocycles. The summed E-state index contributed by atoms with van der Waals surface area (Å²) in [4.78, 5) is 4.72. The van der Waals surface area contributed by atoms with E-state index < -0.39 is 0 Å². The monoisotopic (exact) mass is 295 g/mol. The van der Waals surface area contributed by atoms with Crippen LogP contribution in [0.3, 0.4) is 0 Å².